The van der Waals surface area contributed by atoms with Crippen molar-refractivity contribution in [1.29, 1.82) is 0 Å². The first-order chi connectivity index (χ1) is 11.0. The Labute approximate surface area is 135 Å². The monoisotopic (exact) mass is 319 g/mol. The Balaban J connectivity index is 1.67. The Kier molecular flexibility index (Phi) is 5.79. The molecule has 1 amide bonds. The molecular formula is C18H22FNO3. The molecule has 0 spiro atoms. The number of amides is 1. The smallest absolute Gasteiger partial charge is 0.255 e. The van der Waals surface area contributed by atoms with Crippen molar-refractivity contribution >= 4 is 5.91 Å². The second-order valence-electron chi connectivity index (χ2n) is 5.48. The van der Waals surface area contributed by atoms with Crippen LogP contribution in [0.25, 0.3) is 0 Å². The van der Waals surface area contributed by atoms with Gasteiger partial charge in [-0.15, -0.1) is 0 Å². The number of nitrogens with one attached hydrogen (secondary N) is 1. The first-order valence-corrected chi connectivity index (χ1v) is 7.72. The molecule has 0 aliphatic carbocycles. The Morgan fingerprint density at radius 3 is 2.43 bits per heavy atom. The van der Waals surface area contributed by atoms with E-state index in [4.69, 9.17) is 9.15 Å². The van der Waals surface area contributed by atoms with Gasteiger partial charge in [-0.2, -0.15) is 0 Å². The number of rotatable bonds is 7. The molecule has 23 heavy (non-hydrogen) atoms. The van der Waals surface area contributed by atoms with E-state index in [0.29, 0.717) is 30.2 Å². The molecule has 1 N–H and O–H groups in total. The average molecular weight is 319 g/mol. The lowest BCUT2D eigenvalue weighted by atomic mass is 10.1. The largest absolute Gasteiger partial charge is 0.494 e. The second kappa shape index (κ2) is 7.81. The quantitative estimate of drug-likeness (QED) is 0.787. The van der Waals surface area contributed by atoms with Crippen LogP contribution in [-0.2, 0) is 0 Å². The standard InChI is InChI=1S/C18H22FNO3/c1-12-13(2)23-14(3)17(12)18(21)20-10-4-5-11-22-16-8-6-15(19)7-9-16/h6-9H,4-5,10-11H2,1-3H3,(H,20,21). The lowest BCUT2D eigenvalue weighted by Crippen LogP contribution is -2.25. The van der Waals surface area contributed by atoms with Crippen LogP contribution in [0.15, 0.2) is 28.7 Å². The summed E-state index contributed by atoms with van der Waals surface area (Å²) in [7, 11) is 0. The molecule has 0 atom stereocenters. The molecule has 5 heteroatoms. The van der Waals surface area contributed by atoms with E-state index in [9.17, 15) is 9.18 Å². The molecule has 0 saturated heterocycles. The predicted molar refractivity (Wildman–Crippen MR) is 86.4 cm³/mol. The molecule has 0 bridgehead atoms. The van der Waals surface area contributed by atoms with Gasteiger partial charge in [0.05, 0.1) is 12.2 Å². The Morgan fingerprint density at radius 2 is 1.83 bits per heavy atom. The number of hydrogen-bond acceptors (Lipinski definition) is 3. The van der Waals surface area contributed by atoms with E-state index >= 15 is 0 Å². The van der Waals surface area contributed by atoms with Crippen molar-refractivity contribution in [2.24, 2.45) is 0 Å². The van der Waals surface area contributed by atoms with E-state index < -0.39 is 0 Å². The number of carbonyl (C=O) groups excluding carboxylic acids is 1. The van der Waals surface area contributed by atoms with E-state index in [0.717, 1.165) is 24.2 Å². The number of carbonyl (C=O) groups is 1. The van der Waals surface area contributed by atoms with Crippen molar-refractivity contribution in [3.8, 4) is 5.75 Å². The van der Waals surface area contributed by atoms with Gasteiger partial charge < -0.3 is 14.5 Å². The molecule has 0 unspecified atom stereocenters. The van der Waals surface area contributed by atoms with Gasteiger partial charge in [0, 0.05) is 12.1 Å². The summed E-state index contributed by atoms with van der Waals surface area (Å²) >= 11 is 0. The summed E-state index contributed by atoms with van der Waals surface area (Å²) in [6, 6.07) is 5.94. The van der Waals surface area contributed by atoms with Gasteiger partial charge in [0.25, 0.3) is 5.91 Å². The van der Waals surface area contributed by atoms with Crippen molar-refractivity contribution in [3.05, 3.63) is 52.7 Å². The highest BCUT2D eigenvalue weighted by molar-refractivity contribution is 5.96. The molecule has 0 radical (unpaired) electrons. The second-order valence-corrected chi connectivity index (χ2v) is 5.48. The van der Waals surface area contributed by atoms with Crippen molar-refractivity contribution in [2.45, 2.75) is 33.6 Å². The summed E-state index contributed by atoms with van der Waals surface area (Å²) in [5.74, 6) is 1.70. The highest BCUT2D eigenvalue weighted by Gasteiger charge is 2.17. The van der Waals surface area contributed by atoms with Gasteiger partial charge >= 0.3 is 0 Å². The van der Waals surface area contributed by atoms with Crippen molar-refractivity contribution < 1.29 is 18.3 Å². The predicted octanol–water partition coefficient (Wildman–Crippen LogP) is 3.93. The van der Waals surface area contributed by atoms with Gasteiger partial charge in [-0.3, -0.25) is 4.79 Å². The highest BCUT2D eigenvalue weighted by Crippen LogP contribution is 2.20. The third-order valence-corrected chi connectivity index (χ3v) is 3.73. The fourth-order valence-electron chi connectivity index (χ4n) is 2.37. The Hall–Kier alpha value is -2.30. The molecule has 0 saturated carbocycles. The first kappa shape index (κ1) is 17.1. The van der Waals surface area contributed by atoms with E-state index in [-0.39, 0.29) is 11.7 Å². The van der Waals surface area contributed by atoms with Crippen LogP contribution in [0.1, 0.15) is 40.3 Å². The SMILES string of the molecule is Cc1oc(C)c(C(=O)NCCCCOc2ccc(F)cc2)c1C. The minimum Gasteiger partial charge on any atom is -0.494 e. The van der Waals surface area contributed by atoms with Gasteiger partial charge in [0.1, 0.15) is 23.1 Å². The Morgan fingerprint density at radius 1 is 1.13 bits per heavy atom. The maximum absolute atomic E-state index is 12.7. The third kappa shape index (κ3) is 4.58. The zero-order valence-electron chi connectivity index (χ0n) is 13.7. The van der Waals surface area contributed by atoms with Gasteiger partial charge in [-0.1, -0.05) is 0 Å². The maximum atomic E-state index is 12.7. The minimum atomic E-state index is -0.278. The van der Waals surface area contributed by atoms with Crippen molar-refractivity contribution in [1.82, 2.24) is 5.32 Å². The molecule has 4 nitrogen and oxygen atoms in total. The van der Waals surface area contributed by atoms with Crippen LogP contribution in [-0.4, -0.2) is 19.1 Å². The highest BCUT2D eigenvalue weighted by atomic mass is 19.1. The maximum Gasteiger partial charge on any atom is 0.255 e. The normalized spacial score (nSPS) is 10.6. The van der Waals surface area contributed by atoms with Crippen LogP contribution in [0.5, 0.6) is 5.75 Å². The number of ether oxygens (including phenoxy) is 1. The summed E-state index contributed by atoms with van der Waals surface area (Å²) in [5, 5.41) is 2.90. The lowest BCUT2D eigenvalue weighted by molar-refractivity contribution is 0.0950. The molecular weight excluding hydrogens is 297 g/mol. The van der Waals surface area contributed by atoms with Crippen LogP contribution >= 0.6 is 0 Å². The van der Waals surface area contributed by atoms with Crippen LogP contribution in [0.2, 0.25) is 0 Å². The lowest BCUT2D eigenvalue weighted by Gasteiger charge is -2.07. The van der Waals surface area contributed by atoms with E-state index in [2.05, 4.69) is 5.32 Å². The van der Waals surface area contributed by atoms with E-state index in [1.54, 1.807) is 19.1 Å². The molecule has 0 aliphatic rings. The van der Waals surface area contributed by atoms with Crippen LogP contribution in [0, 0.1) is 26.6 Å². The van der Waals surface area contributed by atoms with Crippen LogP contribution in [0.3, 0.4) is 0 Å². The molecule has 0 fully saturated rings. The zero-order chi connectivity index (χ0) is 16.8. The summed E-state index contributed by atoms with van der Waals surface area (Å²) in [6.45, 7) is 6.65. The molecule has 1 aromatic carbocycles. The molecule has 2 rings (SSSR count). The van der Waals surface area contributed by atoms with Crippen LogP contribution < -0.4 is 10.1 Å². The van der Waals surface area contributed by atoms with Crippen molar-refractivity contribution in [2.75, 3.05) is 13.2 Å². The van der Waals surface area contributed by atoms with Gasteiger partial charge in [0.2, 0.25) is 0 Å². The number of furan rings is 1. The summed E-state index contributed by atoms with van der Waals surface area (Å²) in [5.41, 5.74) is 1.52. The summed E-state index contributed by atoms with van der Waals surface area (Å²) in [4.78, 5) is 12.1. The summed E-state index contributed by atoms with van der Waals surface area (Å²) in [6.07, 6.45) is 1.61. The molecule has 0 aliphatic heterocycles. The fourth-order valence-corrected chi connectivity index (χ4v) is 2.37. The minimum absolute atomic E-state index is 0.101. The topological polar surface area (TPSA) is 51.5 Å². The zero-order valence-corrected chi connectivity index (χ0v) is 13.7. The molecule has 1 heterocycles. The number of halogens is 1. The van der Waals surface area contributed by atoms with Gasteiger partial charge in [-0.05, 0) is 57.9 Å². The van der Waals surface area contributed by atoms with Gasteiger partial charge in [0.15, 0.2) is 0 Å². The molecule has 124 valence electrons. The fraction of sp³-hybridized carbons (Fsp3) is 0.389. The van der Waals surface area contributed by atoms with E-state index in [1.807, 2.05) is 13.8 Å². The first-order valence-electron chi connectivity index (χ1n) is 7.72. The average Bonchev–Trinajstić information content (AvgIpc) is 2.77. The molecule has 1 aromatic heterocycles. The summed E-state index contributed by atoms with van der Waals surface area (Å²) < 4.78 is 23.7. The number of benzene rings is 1. The van der Waals surface area contributed by atoms with Gasteiger partial charge in [-0.25, -0.2) is 4.39 Å². The number of hydrogen-bond donors (Lipinski definition) is 1. The third-order valence-electron chi connectivity index (χ3n) is 3.73. The van der Waals surface area contributed by atoms with Crippen molar-refractivity contribution in [3.63, 3.8) is 0 Å². The number of unbranched alkanes of at least 4 members (excludes halogenated alkanes) is 1. The van der Waals surface area contributed by atoms with E-state index in [1.165, 1.54) is 12.1 Å². The van der Waals surface area contributed by atoms with Crippen LogP contribution in [0.4, 0.5) is 4.39 Å². The number of aryl methyl sites for hydroxylation is 2. The molecule has 2 aromatic rings. The Bertz CT molecular complexity index is 662.